The largest absolute Gasteiger partial charge is 0.334 e. The average Bonchev–Trinajstić information content (AvgIpc) is 3.12. The summed E-state index contributed by atoms with van der Waals surface area (Å²) in [6.45, 7) is 5.24. The normalized spacial score (nSPS) is 11.2. The minimum Gasteiger partial charge on any atom is -0.334 e. The van der Waals surface area contributed by atoms with Crippen molar-refractivity contribution in [3.63, 3.8) is 0 Å². The summed E-state index contributed by atoms with van der Waals surface area (Å²) in [6, 6.07) is 16.2. The molecule has 0 saturated carbocycles. The summed E-state index contributed by atoms with van der Waals surface area (Å²) in [5.74, 6) is -0.0172. The lowest BCUT2D eigenvalue weighted by Gasteiger charge is -2.16. The molecule has 0 bridgehead atoms. The van der Waals surface area contributed by atoms with Crippen molar-refractivity contribution < 1.29 is 14.1 Å². The lowest BCUT2D eigenvalue weighted by molar-refractivity contribution is -0.127. The number of rotatable bonds is 3. The van der Waals surface area contributed by atoms with Gasteiger partial charge < -0.3 is 4.52 Å². The molecule has 3 rings (SSSR count). The van der Waals surface area contributed by atoms with Crippen LogP contribution in [0.1, 0.15) is 31.1 Å². The van der Waals surface area contributed by atoms with Crippen molar-refractivity contribution in [2.24, 2.45) is 5.41 Å². The van der Waals surface area contributed by atoms with E-state index in [0.29, 0.717) is 22.8 Å². The van der Waals surface area contributed by atoms with Crippen LogP contribution in [0.25, 0.3) is 22.8 Å². The number of imide groups is 1. The highest BCUT2D eigenvalue weighted by molar-refractivity contribution is 6.06. The Labute approximate surface area is 151 Å². The summed E-state index contributed by atoms with van der Waals surface area (Å²) >= 11 is 0. The van der Waals surface area contributed by atoms with E-state index in [1.807, 2.05) is 30.3 Å². The summed E-state index contributed by atoms with van der Waals surface area (Å²) in [5, 5.41) is 6.38. The molecule has 0 spiro atoms. The first-order valence-corrected chi connectivity index (χ1v) is 8.20. The Balaban J connectivity index is 1.83. The van der Waals surface area contributed by atoms with Crippen molar-refractivity contribution in [2.75, 3.05) is 0 Å². The zero-order valence-corrected chi connectivity index (χ0v) is 14.8. The second kappa shape index (κ2) is 6.92. The third-order valence-corrected chi connectivity index (χ3v) is 3.74. The Bertz CT molecular complexity index is 940. The molecule has 26 heavy (non-hydrogen) atoms. The number of aromatic nitrogens is 2. The first kappa shape index (κ1) is 17.5. The maximum absolute atomic E-state index is 12.3. The first-order valence-electron chi connectivity index (χ1n) is 8.20. The number of nitrogens with one attached hydrogen (secondary N) is 1. The zero-order valence-electron chi connectivity index (χ0n) is 14.8. The van der Waals surface area contributed by atoms with E-state index in [-0.39, 0.29) is 5.91 Å². The number of nitrogens with zero attached hydrogens (tertiary/aromatic N) is 2. The maximum atomic E-state index is 12.3. The highest BCUT2D eigenvalue weighted by Gasteiger charge is 2.24. The van der Waals surface area contributed by atoms with Crippen LogP contribution in [-0.4, -0.2) is 22.0 Å². The van der Waals surface area contributed by atoms with E-state index in [2.05, 4.69) is 15.5 Å². The van der Waals surface area contributed by atoms with Gasteiger partial charge in [0.25, 0.3) is 11.8 Å². The van der Waals surface area contributed by atoms with E-state index in [4.69, 9.17) is 4.52 Å². The topological polar surface area (TPSA) is 85.1 Å². The van der Waals surface area contributed by atoms with Gasteiger partial charge in [-0.1, -0.05) is 56.3 Å². The van der Waals surface area contributed by atoms with Gasteiger partial charge in [-0.25, -0.2) is 0 Å². The fourth-order valence-electron chi connectivity index (χ4n) is 2.20. The number of amides is 2. The molecule has 0 aliphatic rings. The summed E-state index contributed by atoms with van der Waals surface area (Å²) in [6.07, 6.45) is 0. The zero-order chi connectivity index (χ0) is 18.7. The Kier molecular flexibility index (Phi) is 4.67. The van der Waals surface area contributed by atoms with Crippen LogP contribution in [0.3, 0.4) is 0 Å². The van der Waals surface area contributed by atoms with Gasteiger partial charge in [-0.15, -0.1) is 0 Å². The Hall–Kier alpha value is -3.28. The van der Waals surface area contributed by atoms with Crippen LogP contribution in [0, 0.1) is 5.41 Å². The number of hydrogen-bond acceptors (Lipinski definition) is 5. The number of benzene rings is 2. The summed E-state index contributed by atoms with van der Waals surface area (Å²) < 4.78 is 5.30. The lowest BCUT2D eigenvalue weighted by Crippen LogP contribution is -2.38. The second-order valence-electron chi connectivity index (χ2n) is 6.90. The van der Waals surface area contributed by atoms with Crippen LogP contribution in [-0.2, 0) is 4.79 Å². The molecule has 0 fully saturated rings. The molecule has 1 N–H and O–H groups in total. The van der Waals surface area contributed by atoms with Crippen LogP contribution in [0.2, 0.25) is 0 Å². The minimum absolute atomic E-state index is 0.334. The fraction of sp³-hybridized carbons (Fsp3) is 0.200. The van der Waals surface area contributed by atoms with Crippen LogP contribution >= 0.6 is 0 Å². The number of carbonyl (C=O) groups excluding carboxylic acids is 2. The monoisotopic (exact) mass is 349 g/mol. The quantitative estimate of drug-likeness (QED) is 0.779. The van der Waals surface area contributed by atoms with Crippen molar-refractivity contribution in [1.82, 2.24) is 15.5 Å². The SMILES string of the molecule is CC(C)(C)C(=O)NC(=O)c1cccc(-c2noc(-c3ccccc3)n2)c1. The maximum Gasteiger partial charge on any atom is 0.258 e. The highest BCUT2D eigenvalue weighted by Crippen LogP contribution is 2.22. The summed E-state index contributed by atoms with van der Waals surface area (Å²) in [4.78, 5) is 28.7. The van der Waals surface area contributed by atoms with Crippen LogP contribution in [0.5, 0.6) is 0 Å². The van der Waals surface area contributed by atoms with Crippen molar-refractivity contribution in [2.45, 2.75) is 20.8 Å². The standard InChI is InChI=1S/C20H19N3O3/c1-20(2,3)19(25)22-17(24)15-11-7-10-14(12-15)16-21-18(26-23-16)13-8-5-4-6-9-13/h4-12H,1-3H3,(H,22,24,25). The fourth-order valence-corrected chi connectivity index (χ4v) is 2.20. The van der Waals surface area contributed by atoms with Gasteiger partial charge in [0.2, 0.25) is 11.7 Å². The van der Waals surface area contributed by atoms with E-state index >= 15 is 0 Å². The Morgan fingerprint density at radius 1 is 0.962 bits per heavy atom. The molecular formula is C20H19N3O3. The summed E-state index contributed by atoms with van der Waals surface area (Å²) in [5.41, 5.74) is 1.15. The predicted octanol–water partition coefficient (Wildman–Crippen LogP) is 3.71. The molecule has 2 aromatic carbocycles. The van der Waals surface area contributed by atoms with Gasteiger partial charge in [0.05, 0.1) is 0 Å². The molecule has 132 valence electrons. The molecule has 0 aliphatic heterocycles. The molecule has 0 radical (unpaired) electrons. The second-order valence-corrected chi connectivity index (χ2v) is 6.90. The minimum atomic E-state index is -0.647. The molecule has 1 aromatic heterocycles. The molecule has 6 heteroatoms. The van der Waals surface area contributed by atoms with Crippen LogP contribution < -0.4 is 5.32 Å². The smallest absolute Gasteiger partial charge is 0.258 e. The third-order valence-electron chi connectivity index (χ3n) is 3.74. The van der Waals surface area contributed by atoms with Gasteiger partial charge in [-0.3, -0.25) is 14.9 Å². The number of carbonyl (C=O) groups is 2. The summed E-state index contributed by atoms with van der Waals surface area (Å²) in [7, 11) is 0. The van der Waals surface area contributed by atoms with Gasteiger partial charge in [0.15, 0.2) is 0 Å². The number of hydrogen-bond donors (Lipinski definition) is 1. The third kappa shape index (κ3) is 3.85. The molecule has 0 atom stereocenters. The highest BCUT2D eigenvalue weighted by atomic mass is 16.5. The van der Waals surface area contributed by atoms with Crippen molar-refractivity contribution in [3.05, 3.63) is 60.2 Å². The van der Waals surface area contributed by atoms with Gasteiger partial charge in [0, 0.05) is 22.1 Å². The van der Waals surface area contributed by atoms with Crippen molar-refractivity contribution in [1.29, 1.82) is 0 Å². The van der Waals surface area contributed by atoms with E-state index < -0.39 is 11.3 Å². The molecule has 1 heterocycles. The Morgan fingerprint density at radius 2 is 1.65 bits per heavy atom. The molecule has 3 aromatic rings. The lowest BCUT2D eigenvalue weighted by atomic mass is 9.95. The molecule has 6 nitrogen and oxygen atoms in total. The van der Waals surface area contributed by atoms with Crippen LogP contribution in [0.15, 0.2) is 59.1 Å². The molecule has 0 saturated heterocycles. The van der Waals surface area contributed by atoms with Crippen molar-refractivity contribution >= 4 is 11.8 Å². The molecule has 2 amide bonds. The van der Waals surface area contributed by atoms with Crippen LogP contribution in [0.4, 0.5) is 0 Å². The van der Waals surface area contributed by atoms with E-state index in [0.717, 1.165) is 5.56 Å². The van der Waals surface area contributed by atoms with Gasteiger partial charge >= 0.3 is 0 Å². The van der Waals surface area contributed by atoms with Gasteiger partial charge in [-0.2, -0.15) is 4.98 Å². The van der Waals surface area contributed by atoms with E-state index in [1.165, 1.54) is 0 Å². The average molecular weight is 349 g/mol. The van der Waals surface area contributed by atoms with Gasteiger partial charge in [0.1, 0.15) is 0 Å². The molecule has 0 aliphatic carbocycles. The first-order chi connectivity index (χ1) is 12.3. The van der Waals surface area contributed by atoms with E-state index in [1.54, 1.807) is 45.0 Å². The van der Waals surface area contributed by atoms with E-state index in [9.17, 15) is 9.59 Å². The predicted molar refractivity (Wildman–Crippen MR) is 97.1 cm³/mol. The Morgan fingerprint density at radius 3 is 2.35 bits per heavy atom. The molecular weight excluding hydrogens is 330 g/mol. The van der Waals surface area contributed by atoms with Gasteiger partial charge in [-0.05, 0) is 24.3 Å². The van der Waals surface area contributed by atoms with Crippen molar-refractivity contribution in [3.8, 4) is 22.8 Å². The molecule has 0 unspecified atom stereocenters.